The van der Waals surface area contributed by atoms with Crippen LogP contribution in [0.25, 0.3) is 22.6 Å². The summed E-state index contributed by atoms with van der Waals surface area (Å²) in [6.45, 7) is 0. The van der Waals surface area contributed by atoms with Crippen LogP contribution in [0.4, 0.5) is 13.2 Å². The molecule has 0 aliphatic rings. The Balaban J connectivity index is 2.09. The Kier molecular flexibility index (Phi) is 3.01. The second-order valence-electron chi connectivity index (χ2n) is 4.19. The van der Waals surface area contributed by atoms with E-state index in [2.05, 4.69) is 30.9 Å². The summed E-state index contributed by atoms with van der Waals surface area (Å²) in [6, 6.07) is 8.30. The van der Waals surface area contributed by atoms with Gasteiger partial charge in [-0.15, -0.1) is 0 Å². The van der Waals surface area contributed by atoms with Gasteiger partial charge in [-0.05, 0) is 18.2 Å². The standard InChI is InChI=1S/C13H7BrF3N3/c14-9-3-1-7(2-4-9)11-19-10-5-8(13(15,16)17)6-18-12(10)20-11/h1-6H,(H,18,19,20). The fourth-order valence-electron chi connectivity index (χ4n) is 1.80. The molecule has 3 aromatic rings. The number of rotatable bonds is 1. The van der Waals surface area contributed by atoms with Crippen molar-refractivity contribution in [1.29, 1.82) is 0 Å². The zero-order valence-corrected chi connectivity index (χ0v) is 11.5. The van der Waals surface area contributed by atoms with Gasteiger partial charge in [0.15, 0.2) is 5.65 Å². The number of fused-ring (bicyclic) bond motifs is 1. The molecule has 0 saturated heterocycles. The van der Waals surface area contributed by atoms with Gasteiger partial charge < -0.3 is 4.98 Å². The van der Waals surface area contributed by atoms with E-state index in [1.165, 1.54) is 0 Å². The molecule has 0 spiro atoms. The van der Waals surface area contributed by atoms with E-state index in [0.29, 0.717) is 5.82 Å². The topological polar surface area (TPSA) is 41.6 Å². The number of hydrogen-bond donors (Lipinski definition) is 1. The predicted octanol–water partition coefficient (Wildman–Crippen LogP) is 4.41. The highest BCUT2D eigenvalue weighted by Crippen LogP contribution is 2.30. The first-order valence-electron chi connectivity index (χ1n) is 5.62. The number of aromatic nitrogens is 3. The van der Waals surface area contributed by atoms with E-state index >= 15 is 0 Å². The Bertz CT molecular complexity index is 763. The number of hydrogen-bond acceptors (Lipinski definition) is 2. The molecule has 0 bridgehead atoms. The van der Waals surface area contributed by atoms with Crippen LogP contribution in [0.5, 0.6) is 0 Å². The molecule has 2 aromatic heterocycles. The van der Waals surface area contributed by atoms with Crippen LogP contribution in [-0.2, 0) is 6.18 Å². The maximum atomic E-state index is 12.6. The summed E-state index contributed by atoms with van der Waals surface area (Å²) in [5.41, 5.74) is 0.504. The van der Waals surface area contributed by atoms with Gasteiger partial charge in [0.05, 0.1) is 11.1 Å². The molecule has 0 unspecified atom stereocenters. The first-order valence-corrected chi connectivity index (χ1v) is 6.42. The lowest BCUT2D eigenvalue weighted by molar-refractivity contribution is -0.137. The normalized spacial score (nSPS) is 12.0. The van der Waals surface area contributed by atoms with E-state index in [1.54, 1.807) is 0 Å². The average molecular weight is 342 g/mol. The van der Waals surface area contributed by atoms with Crippen LogP contribution in [0.1, 0.15) is 5.56 Å². The van der Waals surface area contributed by atoms with E-state index < -0.39 is 11.7 Å². The van der Waals surface area contributed by atoms with E-state index in [1.807, 2.05) is 24.3 Å². The van der Waals surface area contributed by atoms with Crippen LogP contribution in [-0.4, -0.2) is 15.0 Å². The summed E-state index contributed by atoms with van der Waals surface area (Å²) in [6.07, 6.45) is -3.63. The highest BCUT2D eigenvalue weighted by atomic mass is 79.9. The Morgan fingerprint density at radius 2 is 1.80 bits per heavy atom. The third kappa shape index (κ3) is 2.40. The van der Waals surface area contributed by atoms with Gasteiger partial charge in [-0.1, -0.05) is 28.1 Å². The first kappa shape index (κ1) is 13.1. The van der Waals surface area contributed by atoms with E-state index in [4.69, 9.17) is 0 Å². The van der Waals surface area contributed by atoms with Gasteiger partial charge >= 0.3 is 6.18 Å². The summed E-state index contributed by atoms with van der Waals surface area (Å²) in [5, 5.41) is 0. The molecule has 2 heterocycles. The molecule has 0 amide bonds. The third-order valence-electron chi connectivity index (χ3n) is 2.78. The van der Waals surface area contributed by atoms with E-state index in [-0.39, 0.29) is 11.2 Å². The number of pyridine rings is 1. The Morgan fingerprint density at radius 3 is 2.45 bits per heavy atom. The predicted molar refractivity (Wildman–Crippen MR) is 72.0 cm³/mol. The van der Waals surface area contributed by atoms with Gasteiger partial charge in [0.1, 0.15) is 5.82 Å². The highest BCUT2D eigenvalue weighted by Gasteiger charge is 2.31. The molecule has 7 heteroatoms. The molecule has 0 fully saturated rings. The molecule has 0 aliphatic carbocycles. The zero-order chi connectivity index (χ0) is 14.3. The molecule has 3 nitrogen and oxygen atoms in total. The second kappa shape index (κ2) is 4.59. The lowest BCUT2D eigenvalue weighted by Gasteiger charge is -2.04. The van der Waals surface area contributed by atoms with Crippen LogP contribution >= 0.6 is 15.9 Å². The number of halogens is 4. The number of H-pyrrole nitrogens is 1. The van der Waals surface area contributed by atoms with Crippen LogP contribution in [0.3, 0.4) is 0 Å². The molecule has 0 radical (unpaired) electrons. The summed E-state index contributed by atoms with van der Waals surface area (Å²) >= 11 is 3.32. The van der Waals surface area contributed by atoms with Crippen molar-refractivity contribution < 1.29 is 13.2 Å². The fraction of sp³-hybridized carbons (Fsp3) is 0.0769. The van der Waals surface area contributed by atoms with E-state index in [0.717, 1.165) is 22.3 Å². The molecule has 3 rings (SSSR count). The van der Waals surface area contributed by atoms with Crippen molar-refractivity contribution in [2.75, 3.05) is 0 Å². The maximum Gasteiger partial charge on any atom is 0.417 e. The average Bonchev–Trinajstić information content (AvgIpc) is 2.81. The molecule has 1 aromatic carbocycles. The van der Waals surface area contributed by atoms with Crippen LogP contribution in [0, 0.1) is 0 Å². The van der Waals surface area contributed by atoms with Crippen molar-refractivity contribution in [3.63, 3.8) is 0 Å². The number of imidazole rings is 1. The monoisotopic (exact) mass is 341 g/mol. The summed E-state index contributed by atoms with van der Waals surface area (Å²) < 4.78 is 38.7. The van der Waals surface area contributed by atoms with Gasteiger partial charge in [0.2, 0.25) is 0 Å². The van der Waals surface area contributed by atoms with Crippen molar-refractivity contribution >= 4 is 27.1 Å². The van der Waals surface area contributed by atoms with Gasteiger partial charge in [-0.25, -0.2) is 9.97 Å². The van der Waals surface area contributed by atoms with Crippen molar-refractivity contribution in [3.8, 4) is 11.4 Å². The minimum absolute atomic E-state index is 0.260. The lowest BCUT2D eigenvalue weighted by atomic mass is 10.2. The summed E-state index contributed by atoms with van der Waals surface area (Å²) in [4.78, 5) is 10.8. The molecule has 102 valence electrons. The van der Waals surface area contributed by atoms with Gasteiger partial charge in [0, 0.05) is 16.2 Å². The molecular formula is C13H7BrF3N3. The van der Waals surface area contributed by atoms with Gasteiger partial charge in [-0.2, -0.15) is 13.2 Å². The van der Waals surface area contributed by atoms with Gasteiger partial charge in [0.25, 0.3) is 0 Å². The number of benzene rings is 1. The molecule has 1 N–H and O–H groups in total. The smallest absolute Gasteiger partial charge is 0.337 e. The SMILES string of the molecule is FC(F)(F)c1cnc2nc(-c3ccc(Br)cc3)[nH]c2c1. The van der Waals surface area contributed by atoms with Crippen molar-refractivity contribution in [3.05, 3.63) is 46.6 Å². The van der Waals surface area contributed by atoms with Crippen molar-refractivity contribution in [1.82, 2.24) is 15.0 Å². The zero-order valence-electron chi connectivity index (χ0n) is 9.87. The van der Waals surface area contributed by atoms with Crippen LogP contribution < -0.4 is 0 Å². The van der Waals surface area contributed by atoms with Crippen LogP contribution in [0.15, 0.2) is 41.0 Å². The highest BCUT2D eigenvalue weighted by molar-refractivity contribution is 9.10. The summed E-state index contributed by atoms with van der Waals surface area (Å²) in [5.74, 6) is 0.485. The third-order valence-corrected chi connectivity index (χ3v) is 3.31. The fourth-order valence-corrected chi connectivity index (χ4v) is 2.06. The Labute approximate surface area is 120 Å². The molecule has 20 heavy (non-hydrogen) atoms. The molecule has 0 saturated carbocycles. The molecule has 0 aliphatic heterocycles. The molecule has 0 atom stereocenters. The van der Waals surface area contributed by atoms with Crippen molar-refractivity contribution in [2.24, 2.45) is 0 Å². The number of alkyl halides is 3. The largest absolute Gasteiger partial charge is 0.417 e. The minimum atomic E-state index is -4.41. The second-order valence-corrected chi connectivity index (χ2v) is 5.10. The number of nitrogens with zero attached hydrogens (tertiary/aromatic N) is 2. The van der Waals surface area contributed by atoms with E-state index in [9.17, 15) is 13.2 Å². The first-order chi connectivity index (χ1) is 9.43. The van der Waals surface area contributed by atoms with Gasteiger partial charge in [-0.3, -0.25) is 0 Å². The van der Waals surface area contributed by atoms with Crippen LogP contribution in [0.2, 0.25) is 0 Å². The molecular weight excluding hydrogens is 335 g/mol. The quantitative estimate of drug-likeness (QED) is 0.712. The Morgan fingerprint density at radius 1 is 1.10 bits per heavy atom. The number of aromatic amines is 1. The maximum absolute atomic E-state index is 12.6. The summed E-state index contributed by atoms with van der Waals surface area (Å²) in [7, 11) is 0. The lowest BCUT2D eigenvalue weighted by Crippen LogP contribution is -2.05. The number of nitrogens with one attached hydrogen (secondary N) is 1. The minimum Gasteiger partial charge on any atom is -0.337 e. The Hall–Kier alpha value is -1.89. The van der Waals surface area contributed by atoms with Crippen molar-refractivity contribution in [2.45, 2.75) is 6.18 Å².